The molecule has 0 unspecified atom stereocenters. The van der Waals surface area contributed by atoms with E-state index in [-0.39, 0.29) is 5.56 Å². The van der Waals surface area contributed by atoms with E-state index < -0.39 is 0 Å². The first-order chi connectivity index (χ1) is 9.72. The van der Waals surface area contributed by atoms with E-state index in [2.05, 4.69) is 4.98 Å². The van der Waals surface area contributed by atoms with E-state index >= 15 is 0 Å². The van der Waals surface area contributed by atoms with Crippen molar-refractivity contribution in [3.63, 3.8) is 0 Å². The Bertz CT molecular complexity index is 761. The molecule has 3 rings (SSSR count). The lowest BCUT2D eigenvalue weighted by Gasteiger charge is -2.04. The van der Waals surface area contributed by atoms with Crippen molar-refractivity contribution in [2.75, 3.05) is 11.5 Å². The van der Waals surface area contributed by atoms with Crippen molar-refractivity contribution in [1.29, 1.82) is 0 Å². The Morgan fingerprint density at radius 3 is 2.95 bits per heavy atom. The molecule has 6 heteroatoms. The zero-order valence-electron chi connectivity index (χ0n) is 10.7. The molecular formula is C14H13N3O2S. The number of nitrogen functional groups attached to an aromatic ring is 1. The number of pyridine rings is 1. The van der Waals surface area contributed by atoms with Crippen LogP contribution in [0.2, 0.25) is 0 Å². The summed E-state index contributed by atoms with van der Waals surface area (Å²) in [6.45, 7) is 0.563. The number of nitrogens with zero attached hydrogens (tertiary/aromatic N) is 2. The average molecular weight is 287 g/mol. The Morgan fingerprint density at radius 2 is 2.10 bits per heavy atom. The summed E-state index contributed by atoms with van der Waals surface area (Å²) in [7, 11) is 0. The molecule has 0 aliphatic rings. The summed E-state index contributed by atoms with van der Waals surface area (Å²) in [4.78, 5) is 16.0. The van der Waals surface area contributed by atoms with Crippen LogP contribution in [0.4, 0.5) is 5.69 Å². The van der Waals surface area contributed by atoms with Gasteiger partial charge >= 0.3 is 0 Å². The number of anilines is 1. The lowest BCUT2D eigenvalue weighted by molar-refractivity contribution is 0.489. The van der Waals surface area contributed by atoms with Crippen molar-refractivity contribution >= 4 is 28.5 Å². The normalized spacial score (nSPS) is 11.0. The van der Waals surface area contributed by atoms with Crippen LogP contribution in [0.15, 0.2) is 57.0 Å². The Morgan fingerprint density at radius 1 is 1.25 bits per heavy atom. The number of fused-ring (bicyclic) bond motifs is 1. The van der Waals surface area contributed by atoms with Crippen LogP contribution in [0.1, 0.15) is 0 Å². The summed E-state index contributed by atoms with van der Waals surface area (Å²) in [5.41, 5.74) is 7.80. The zero-order valence-corrected chi connectivity index (χ0v) is 11.5. The second-order valence-corrected chi connectivity index (χ2v) is 5.34. The van der Waals surface area contributed by atoms with Crippen LogP contribution >= 0.6 is 11.8 Å². The van der Waals surface area contributed by atoms with Crippen LogP contribution in [0.5, 0.6) is 0 Å². The molecule has 0 fully saturated rings. The monoisotopic (exact) mass is 287 g/mol. The largest absolute Gasteiger partial charge is 0.431 e. The highest BCUT2D eigenvalue weighted by Gasteiger charge is 2.05. The minimum Gasteiger partial charge on any atom is -0.431 e. The van der Waals surface area contributed by atoms with E-state index in [4.69, 9.17) is 10.2 Å². The highest BCUT2D eigenvalue weighted by atomic mass is 32.2. The Labute approximate surface area is 119 Å². The molecule has 2 N–H and O–H groups in total. The van der Waals surface area contributed by atoms with Crippen molar-refractivity contribution in [2.45, 2.75) is 11.8 Å². The fraction of sp³-hybridized carbons (Fsp3) is 0.143. The number of nitrogens with two attached hydrogens (primary N) is 1. The summed E-state index contributed by atoms with van der Waals surface area (Å²) < 4.78 is 7.19. The van der Waals surface area contributed by atoms with Gasteiger partial charge < -0.3 is 14.7 Å². The first kappa shape index (κ1) is 12.8. The van der Waals surface area contributed by atoms with E-state index in [1.54, 1.807) is 16.8 Å². The number of aryl methyl sites for hydroxylation is 1. The van der Waals surface area contributed by atoms with Crippen molar-refractivity contribution in [3.8, 4) is 0 Å². The Hall–Kier alpha value is -2.21. The van der Waals surface area contributed by atoms with Crippen molar-refractivity contribution in [2.24, 2.45) is 0 Å². The highest BCUT2D eigenvalue weighted by Crippen LogP contribution is 2.23. The standard InChI is InChI=1S/C14H13N3O2S/c15-10-5-6-13(18)17(9-10)7-8-20-14-16-11-3-1-2-4-12(11)19-14/h1-6,9H,7-8,15H2. The van der Waals surface area contributed by atoms with Gasteiger partial charge in [-0.1, -0.05) is 23.9 Å². The predicted molar refractivity (Wildman–Crippen MR) is 79.8 cm³/mol. The van der Waals surface area contributed by atoms with E-state index in [1.807, 2.05) is 24.3 Å². The quantitative estimate of drug-likeness (QED) is 0.746. The van der Waals surface area contributed by atoms with Crippen molar-refractivity contribution in [3.05, 3.63) is 52.9 Å². The number of hydrogen-bond acceptors (Lipinski definition) is 5. The first-order valence-electron chi connectivity index (χ1n) is 6.17. The molecule has 0 atom stereocenters. The number of rotatable bonds is 4. The van der Waals surface area contributed by atoms with Crippen LogP contribution in [-0.4, -0.2) is 15.3 Å². The maximum Gasteiger partial charge on any atom is 0.256 e. The first-order valence-corrected chi connectivity index (χ1v) is 7.15. The number of thioether (sulfide) groups is 1. The van der Waals surface area contributed by atoms with Gasteiger partial charge in [0.25, 0.3) is 10.8 Å². The number of para-hydroxylation sites is 2. The lowest BCUT2D eigenvalue weighted by Crippen LogP contribution is -2.19. The number of benzene rings is 1. The average Bonchev–Trinajstić information content (AvgIpc) is 2.85. The van der Waals surface area contributed by atoms with Crippen molar-refractivity contribution in [1.82, 2.24) is 9.55 Å². The third kappa shape index (κ3) is 2.70. The fourth-order valence-electron chi connectivity index (χ4n) is 1.87. The Kier molecular flexibility index (Phi) is 3.47. The maximum atomic E-state index is 11.6. The molecule has 0 saturated heterocycles. The third-order valence-corrected chi connectivity index (χ3v) is 3.65. The third-order valence-electron chi connectivity index (χ3n) is 2.84. The Balaban J connectivity index is 1.67. The summed E-state index contributed by atoms with van der Waals surface area (Å²) in [6.07, 6.45) is 1.65. The lowest BCUT2D eigenvalue weighted by atomic mass is 10.3. The zero-order chi connectivity index (χ0) is 13.9. The number of aromatic nitrogens is 2. The molecule has 102 valence electrons. The molecule has 0 aliphatic carbocycles. The van der Waals surface area contributed by atoms with Gasteiger partial charge in [-0.05, 0) is 18.2 Å². The van der Waals surface area contributed by atoms with E-state index in [0.717, 1.165) is 11.1 Å². The fourth-order valence-corrected chi connectivity index (χ4v) is 2.64. The minimum atomic E-state index is -0.0580. The molecule has 2 aromatic heterocycles. The molecule has 0 amide bonds. The molecule has 3 aromatic rings. The molecule has 20 heavy (non-hydrogen) atoms. The topological polar surface area (TPSA) is 74.1 Å². The predicted octanol–water partition coefficient (Wildman–Crippen LogP) is 2.36. The van der Waals surface area contributed by atoms with Gasteiger partial charge in [-0.3, -0.25) is 4.79 Å². The van der Waals surface area contributed by atoms with Gasteiger partial charge in [-0.25, -0.2) is 4.98 Å². The highest BCUT2D eigenvalue weighted by molar-refractivity contribution is 7.99. The second kappa shape index (κ2) is 5.42. The summed E-state index contributed by atoms with van der Waals surface area (Å²) in [6, 6.07) is 10.7. The summed E-state index contributed by atoms with van der Waals surface area (Å²) >= 11 is 1.48. The summed E-state index contributed by atoms with van der Waals surface area (Å²) in [5, 5.41) is 0.614. The molecule has 0 aliphatic heterocycles. The molecule has 0 spiro atoms. The van der Waals surface area contributed by atoms with Crippen LogP contribution in [0.3, 0.4) is 0 Å². The van der Waals surface area contributed by atoms with E-state index in [1.165, 1.54) is 17.8 Å². The van der Waals surface area contributed by atoms with Gasteiger partial charge in [0, 0.05) is 30.2 Å². The second-order valence-electron chi connectivity index (χ2n) is 4.29. The SMILES string of the molecule is Nc1ccc(=O)n(CCSc2nc3ccccc3o2)c1. The molecular weight excluding hydrogens is 274 g/mol. The summed E-state index contributed by atoms with van der Waals surface area (Å²) in [5.74, 6) is 0.691. The van der Waals surface area contributed by atoms with Gasteiger partial charge in [0.05, 0.1) is 0 Å². The molecule has 5 nitrogen and oxygen atoms in total. The van der Waals surface area contributed by atoms with Crippen LogP contribution in [0, 0.1) is 0 Å². The van der Waals surface area contributed by atoms with Crippen LogP contribution < -0.4 is 11.3 Å². The molecule has 1 aromatic carbocycles. The number of oxazole rings is 1. The van der Waals surface area contributed by atoms with Crippen LogP contribution in [0.25, 0.3) is 11.1 Å². The van der Waals surface area contributed by atoms with Crippen molar-refractivity contribution < 1.29 is 4.42 Å². The van der Waals surface area contributed by atoms with Gasteiger partial charge in [0.15, 0.2) is 5.58 Å². The van der Waals surface area contributed by atoms with Gasteiger partial charge in [-0.15, -0.1) is 0 Å². The van der Waals surface area contributed by atoms with Gasteiger partial charge in [-0.2, -0.15) is 0 Å². The molecule has 2 heterocycles. The van der Waals surface area contributed by atoms with Gasteiger partial charge in [0.1, 0.15) is 5.52 Å². The minimum absolute atomic E-state index is 0.0580. The van der Waals surface area contributed by atoms with Crippen LogP contribution in [-0.2, 0) is 6.54 Å². The number of hydrogen-bond donors (Lipinski definition) is 1. The molecule has 0 radical (unpaired) electrons. The van der Waals surface area contributed by atoms with Gasteiger partial charge in [0.2, 0.25) is 0 Å². The van der Waals surface area contributed by atoms with E-state index in [9.17, 15) is 4.79 Å². The molecule has 0 bridgehead atoms. The van der Waals surface area contributed by atoms with E-state index in [0.29, 0.717) is 23.2 Å². The maximum absolute atomic E-state index is 11.6. The molecule has 0 saturated carbocycles. The smallest absolute Gasteiger partial charge is 0.256 e.